The summed E-state index contributed by atoms with van der Waals surface area (Å²) >= 11 is 11.7. The molecule has 0 aliphatic heterocycles. The standard InChI is InChI=1S/C22H16Cl2N2O2/c23-19-10-7-16(8-11-19)2-1-15-3-5-17(6-4-15)14-25-26-22(28)18-9-12-21(27)20(24)13-18/h1-14,27H,(H,26,28)/b2-1+,25-14+. The molecule has 0 heterocycles. The molecule has 0 radical (unpaired) electrons. The fourth-order valence-corrected chi connectivity index (χ4v) is 2.64. The average molecular weight is 411 g/mol. The van der Waals surface area contributed by atoms with Crippen molar-refractivity contribution in [1.82, 2.24) is 5.43 Å². The minimum absolute atomic E-state index is 0.0769. The highest BCUT2D eigenvalue weighted by molar-refractivity contribution is 6.32. The summed E-state index contributed by atoms with van der Waals surface area (Å²) in [5.74, 6) is -0.493. The van der Waals surface area contributed by atoms with Crippen LogP contribution in [0.25, 0.3) is 12.2 Å². The van der Waals surface area contributed by atoms with E-state index in [4.69, 9.17) is 23.2 Å². The Morgan fingerprint density at radius 2 is 1.43 bits per heavy atom. The third kappa shape index (κ3) is 5.46. The molecule has 2 N–H and O–H groups in total. The number of nitrogens with one attached hydrogen (secondary N) is 1. The van der Waals surface area contributed by atoms with Gasteiger partial charge in [0.15, 0.2) is 0 Å². The topological polar surface area (TPSA) is 61.7 Å². The number of rotatable bonds is 5. The Morgan fingerprint density at radius 1 is 0.857 bits per heavy atom. The Labute approximate surface area is 172 Å². The number of hydrogen-bond acceptors (Lipinski definition) is 3. The number of halogens is 2. The maximum atomic E-state index is 12.0. The summed E-state index contributed by atoms with van der Waals surface area (Å²) in [5, 5.41) is 14.1. The molecule has 3 aromatic carbocycles. The van der Waals surface area contributed by atoms with E-state index in [0.29, 0.717) is 10.6 Å². The van der Waals surface area contributed by atoms with Gasteiger partial charge in [0.05, 0.1) is 11.2 Å². The molecule has 28 heavy (non-hydrogen) atoms. The van der Waals surface area contributed by atoms with Crippen LogP contribution in [0.4, 0.5) is 0 Å². The summed E-state index contributed by atoms with van der Waals surface area (Å²) in [6, 6.07) is 19.5. The molecule has 0 spiro atoms. The van der Waals surface area contributed by atoms with Crippen molar-refractivity contribution in [1.29, 1.82) is 0 Å². The van der Waals surface area contributed by atoms with Crippen LogP contribution >= 0.6 is 23.2 Å². The van der Waals surface area contributed by atoms with Crippen LogP contribution in [0.3, 0.4) is 0 Å². The first-order valence-corrected chi connectivity index (χ1v) is 9.12. The van der Waals surface area contributed by atoms with Crippen molar-refractivity contribution < 1.29 is 9.90 Å². The number of carbonyl (C=O) groups is 1. The zero-order chi connectivity index (χ0) is 19.9. The van der Waals surface area contributed by atoms with Crippen LogP contribution in [0.2, 0.25) is 10.0 Å². The van der Waals surface area contributed by atoms with E-state index in [1.807, 2.05) is 60.7 Å². The second-order valence-electron chi connectivity index (χ2n) is 5.92. The molecule has 0 saturated heterocycles. The van der Waals surface area contributed by atoms with E-state index in [9.17, 15) is 9.90 Å². The average Bonchev–Trinajstić information content (AvgIpc) is 2.70. The number of amides is 1. The molecule has 0 saturated carbocycles. The van der Waals surface area contributed by atoms with Crippen LogP contribution in [-0.4, -0.2) is 17.2 Å². The molecular formula is C22H16Cl2N2O2. The Balaban J connectivity index is 1.58. The minimum atomic E-state index is -0.416. The van der Waals surface area contributed by atoms with Gasteiger partial charge in [-0.05, 0) is 47.0 Å². The van der Waals surface area contributed by atoms with E-state index in [1.54, 1.807) is 6.21 Å². The number of phenols is 1. The van der Waals surface area contributed by atoms with Crippen LogP contribution in [0.5, 0.6) is 5.75 Å². The number of carbonyl (C=O) groups excluding carboxylic acids is 1. The van der Waals surface area contributed by atoms with E-state index >= 15 is 0 Å². The molecule has 3 rings (SSSR count). The molecule has 0 aliphatic rings. The highest BCUT2D eigenvalue weighted by Crippen LogP contribution is 2.23. The van der Waals surface area contributed by atoms with E-state index in [2.05, 4.69) is 10.5 Å². The highest BCUT2D eigenvalue weighted by atomic mass is 35.5. The first-order chi connectivity index (χ1) is 13.5. The molecule has 4 nitrogen and oxygen atoms in total. The molecule has 0 aliphatic carbocycles. The number of hydrazone groups is 1. The summed E-state index contributed by atoms with van der Waals surface area (Å²) < 4.78 is 0. The lowest BCUT2D eigenvalue weighted by Crippen LogP contribution is -2.17. The molecular weight excluding hydrogens is 395 g/mol. The second kappa shape index (κ2) is 9.22. The quantitative estimate of drug-likeness (QED) is 0.325. The fraction of sp³-hybridized carbons (Fsp3) is 0. The number of benzene rings is 3. The van der Waals surface area contributed by atoms with Crippen molar-refractivity contribution in [2.75, 3.05) is 0 Å². The van der Waals surface area contributed by atoms with Crippen LogP contribution in [0, 0.1) is 0 Å². The van der Waals surface area contributed by atoms with Crippen molar-refractivity contribution in [3.63, 3.8) is 0 Å². The van der Waals surface area contributed by atoms with Gasteiger partial charge in [0.1, 0.15) is 5.75 Å². The first kappa shape index (κ1) is 19.7. The normalized spacial score (nSPS) is 11.2. The zero-order valence-electron chi connectivity index (χ0n) is 14.6. The molecule has 1 amide bonds. The Morgan fingerprint density at radius 3 is 2.04 bits per heavy atom. The zero-order valence-corrected chi connectivity index (χ0v) is 16.2. The van der Waals surface area contributed by atoms with E-state index < -0.39 is 5.91 Å². The van der Waals surface area contributed by atoms with Gasteiger partial charge in [-0.3, -0.25) is 4.79 Å². The second-order valence-corrected chi connectivity index (χ2v) is 6.76. The van der Waals surface area contributed by atoms with Crippen molar-refractivity contribution in [3.8, 4) is 5.75 Å². The third-order valence-electron chi connectivity index (χ3n) is 3.86. The number of nitrogens with zero attached hydrogens (tertiary/aromatic N) is 1. The summed E-state index contributed by atoms with van der Waals surface area (Å²) in [6.07, 6.45) is 5.55. The van der Waals surface area contributed by atoms with E-state index in [1.165, 1.54) is 18.2 Å². The SMILES string of the molecule is O=C(N/N=C/c1ccc(/C=C/c2ccc(Cl)cc2)cc1)c1ccc(O)c(Cl)c1. The van der Waals surface area contributed by atoms with Crippen molar-refractivity contribution >= 4 is 47.5 Å². The van der Waals surface area contributed by atoms with Crippen LogP contribution in [0.15, 0.2) is 71.8 Å². The van der Waals surface area contributed by atoms with Gasteiger partial charge in [0.2, 0.25) is 0 Å². The third-order valence-corrected chi connectivity index (χ3v) is 4.42. The summed E-state index contributed by atoms with van der Waals surface area (Å²) in [7, 11) is 0. The molecule has 0 aromatic heterocycles. The van der Waals surface area contributed by atoms with Gasteiger partial charge < -0.3 is 5.11 Å². The van der Waals surface area contributed by atoms with Gasteiger partial charge in [-0.15, -0.1) is 0 Å². The largest absolute Gasteiger partial charge is 0.506 e. The lowest BCUT2D eigenvalue weighted by Gasteiger charge is -2.02. The van der Waals surface area contributed by atoms with Crippen molar-refractivity contribution in [2.45, 2.75) is 0 Å². The molecule has 0 bridgehead atoms. The Hall–Kier alpha value is -3.08. The fourth-order valence-electron chi connectivity index (χ4n) is 2.34. The highest BCUT2D eigenvalue weighted by Gasteiger charge is 2.07. The summed E-state index contributed by atoms with van der Waals surface area (Å²) in [4.78, 5) is 12.0. The summed E-state index contributed by atoms with van der Waals surface area (Å²) in [5.41, 5.74) is 5.67. The molecule has 140 valence electrons. The molecule has 0 fully saturated rings. The number of hydrogen-bond donors (Lipinski definition) is 2. The Kier molecular flexibility index (Phi) is 6.48. The smallest absolute Gasteiger partial charge is 0.271 e. The van der Waals surface area contributed by atoms with Crippen molar-refractivity contribution in [3.05, 3.63) is 99.0 Å². The lowest BCUT2D eigenvalue weighted by molar-refractivity contribution is 0.0955. The van der Waals surface area contributed by atoms with Crippen LogP contribution in [-0.2, 0) is 0 Å². The van der Waals surface area contributed by atoms with Gasteiger partial charge in [0.25, 0.3) is 5.91 Å². The maximum Gasteiger partial charge on any atom is 0.271 e. The van der Waals surface area contributed by atoms with Gasteiger partial charge >= 0.3 is 0 Å². The monoisotopic (exact) mass is 410 g/mol. The molecule has 0 atom stereocenters. The lowest BCUT2D eigenvalue weighted by atomic mass is 10.1. The number of phenolic OH excluding ortho intramolecular Hbond substituents is 1. The Bertz CT molecular complexity index is 1030. The molecule has 0 unspecified atom stereocenters. The van der Waals surface area contributed by atoms with Gasteiger partial charge in [-0.1, -0.05) is 71.8 Å². The predicted octanol–water partition coefficient (Wildman–Crippen LogP) is 5.63. The number of aromatic hydroxyl groups is 1. The van der Waals surface area contributed by atoms with Gasteiger partial charge in [0, 0.05) is 10.6 Å². The molecule has 6 heteroatoms. The van der Waals surface area contributed by atoms with Gasteiger partial charge in [-0.25, -0.2) is 5.43 Å². The summed E-state index contributed by atoms with van der Waals surface area (Å²) in [6.45, 7) is 0. The van der Waals surface area contributed by atoms with Crippen LogP contribution < -0.4 is 5.43 Å². The van der Waals surface area contributed by atoms with Crippen LogP contribution in [0.1, 0.15) is 27.0 Å². The van der Waals surface area contributed by atoms with Gasteiger partial charge in [-0.2, -0.15) is 5.10 Å². The van der Waals surface area contributed by atoms with E-state index in [-0.39, 0.29) is 10.8 Å². The molecule has 3 aromatic rings. The van der Waals surface area contributed by atoms with E-state index in [0.717, 1.165) is 16.7 Å². The first-order valence-electron chi connectivity index (χ1n) is 8.37. The minimum Gasteiger partial charge on any atom is -0.506 e. The van der Waals surface area contributed by atoms with Crippen molar-refractivity contribution in [2.24, 2.45) is 5.10 Å². The maximum absolute atomic E-state index is 12.0. The predicted molar refractivity (Wildman–Crippen MR) is 115 cm³/mol.